The van der Waals surface area contributed by atoms with Gasteiger partial charge in [-0.3, -0.25) is 9.00 Å². The lowest BCUT2D eigenvalue weighted by molar-refractivity contribution is -0.160. The third-order valence-corrected chi connectivity index (χ3v) is 6.84. The van der Waals surface area contributed by atoms with Crippen LogP contribution in [0.5, 0.6) is 0 Å². The van der Waals surface area contributed by atoms with E-state index in [1.165, 1.54) is 0 Å². The average molecular weight is 352 g/mol. The van der Waals surface area contributed by atoms with Gasteiger partial charge in [0, 0.05) is 4.90 Å². The molecule has 134 valence electrons. The molecule has 1 aliphatic carbocycles. The Morgan fingerprint density at radius 1 is 1.33 bits per heavy atom. The van der Waals surface area contributed by atoms with E-state index < -0.39 is 27.6 Å². The minimum Gasteiger partial charge on any atom is -0.466 e. The lowest BCUT2D eigenvalue weighted by Gasteiger charge is -2.43. The van der Waals surface area contributed by atoms with E-state index >= 15 is 0 Å². The smallest absolute Gasteiger partial charge is 0.311 e. The molecule has 1 N–H and O–H groups in total. The monoisotopic (exact) mass is 352 g/mol. The van der Waals surface area contributed by atoms with Crippen LogP contribution in [0.3, 0.4) is 0 Å². The molecule has 4 atom stereocenters. The summed E-state index contributed by atoms with van der Waals surface area (Å²) in [6, 6.07) is 7.56. The van der Waals surface area contributed by atoms with Gasteiger partial charge in [0.25, 0.3) is 0 Å². The van der Waals surface area contributed by atoms with E-state index in [1.807, 2.05) is 38.1 Å². The number of carbonyl (C=O) groups excluding carboxylic acids is 1. The van der Waals surface area contributed by atoms with Crippen LogP contribution in [-0.2, 0) is 20.3 Å². The summed E-state index contributed by atoms with van der Waals surface area (Å²) in [5.41, 5.74) is -0.165. The Balaban J connectivity index is 2.32. The number of rotatable bonds is 6. The quantitative estimate of drug-likeness (QED) is 0.797. The van der Waals surface area contributed by atoms with Crippen LogP contribution in [-0.4, -0.2) is 32.7 Å². The number of aliphatic hydroxyl groups is 1. The second kappa shape index (κ2) is 8.26. The molecule has 4 nitrogen and oxygen atoms in total. The van der Waals surface area contributed by atoms with Crippen molar-refractivity contribution in [1.29, 1.82) is 0 Å². The number of aryl methyl sites for hydroxylation is 1. The van der Waals surface area contributed by atoms with Crippen LogP contribution in [0.2, 0.25) is 0 Å². The fourth-order valence-corrected chi connectivity index (χ4v) is 5.41. The van der Waals surface area contributed by atoms with Crippen molar-refractivity contribution in [2.75, 3.05) is 6.61 Å². The predicted molar refractivity (Wildman–Crippen MR) is 95.2 cm³/mol. The van der Waals surface area contributed by atoms with E-state index in [-0.39, 0.29) is 12.6 Å². The number of esters is 1. The zero-order chi connectivity index (χ0) is 17.7. The highest BCUT2D eigenvalue weighted by molar-refractivity contribution is 7.85. The third-order valence-electron chi connectivity index (χ3n) is 4.95. The van der Waals surface area contributed by atoms with Gasteiger partial charge in [-0.1, -0.05) is 37.5 Å². The molecule has 0 heterocycles. The van der Waals surface area contributed by atoms with E-state index in [2.05, 4.69) is 0 Å². The van der Waals surface area contributed by atoms with Gasteiger partial charge in [-0.2, -0.15) is 0 Å². The fraction of sp³-hybridized carbons (Fsp3) is 0.632. The zero-order valence-electron chi connectivity index (χ0n) is 14.8. The number of benzene rings is 1. The second-order valence-corrected chi connectivity index (χ2v) is 8.18. The molecular weight excluding hydrogens is 324 g/mol. The SMILES string of the molecule is CCOC(=O)[C@@H](CC)[C@@]1(O)CCCC[C@@H]1[S@@](=O)c1ccc(C)cc1. The summed E-state index contributed by atoms with van der Waals surface area (Å²) < 4.78 is 18.3. The number of ether oxygens (including phenoxy) is 1. The second-order valence-electron chi connectivity index (χ2n) is 6.55. The summed E-state index contributed by atoms with van der Waals surface area (Å²) >= 11 is 0. The average Bonchev–Trinajstić information content (AvgIpc) is 2.56. The first-order chi connectivity index (χ1) is 11.4. The normalized spacial score (nSPS) is 26.6. The molecule has 1 aromatic rings. The minimum atomic E-state index is -1.35. The maximum Gasteiger partial charge on any atom is 0.311 e. The first-order valence-corrected chi connectivity index (χ1v) is 10.0. The van der Waals surface area contributed by atoms with Crippen molar-refractivity contribution in [2.45, 2.75) is 68.6 Å². The molecule has 1 fully saturated rings. The van der Waals surface area contributed by atoms with E-state index in [4.69, 9.17) is 4.74 Å². The van der Waals surface area contributed by atoms with Gasteiger partial charge in [0.15, 0.2) is 0 Å². The van der Waals surface area contributed by atoms with Crippen LogP contribution in [0.15, 0.2) is 29.2 Å². The van der Waals surface area contributed by atoms with Crippen LogP contribution in [0.4, 0.5) is 0 Å². The van der Waals surface area contributed by atoms with Crippen molar-refractivity contribution in [3.8, 4) is 0 Å². The molecule has 1 saturated carbocycles. The summed E-state index contributed by atoms with van der Waals surface area (Å²) in [6.45, 7) is 5.91. The summed E-state index contributed by atoms with van der Waals surface area (Å²) in [5.74, 6) is -1.01. The maximum atomic E-state index is 13.1. The van der Waals surface area contributed by atoms with Crippen LogP contribution < -0.4 is 0 Å². The molecule has 0 radical (unpaired) electrons. The molecule has 0 spiro atoms. The van der Waals surface area contributed by atoms with Crippen LogP contribution in [0.25, 0.3) is 0 Å². The first-order valence-electron chi connectivity index (χ1n) is 8.80. The van der Waals surface area contributed by atoms with Crippen LogP contribution in [0, 0.1) is 12.8 Å². The summed E-state index contributed by atoms with van der Waals surface area (Å²) in [4.78, 5) is 13.1. The van der Waals surface area contributed by atoms with Gasteiger partial charge in [-0.05, 0) is 45.2 Å². The van der Waals surface area contributed by atoms with E-state index in [9.17, 15) is 14.1 Å². The highest BCUT2D eigenvalue weighted by atomic mass is 32.2. The van der Waals surface area contributed by atoms with E-state index in [0.717, 1.165) is 18.4 Å². The molecule has 2 rings (SSSR count). The third kappa shape index (κ3) is 3.89. The summed E-state index contributed by atoms with van der Waals surface area (Å²) in [6.07, 6.45) is 3.40. The van der Waals surface area contributed by atoms with Gasteiger partial charge in [-0.15, -0.1) is 0 Å². The molecular formula is C19H28O4S. The molecule has 0 saturated heterocycles. The molecule has 1 aromatic carbocycles. The zero-order valence-corrected chi connectivity index (χ0v) is 15.6. The molecule has 0 aromatic heterocycles. The van der Waals surface area contributed by atoms with Gasteiger partial charge < -0.3 is 9.84 Å². The van der Waals surface area contributed by atoms with Crippen molar-refractivity contribution in [2.24, 2.45) is 5.92 Å². The topological polar surface area (TPSA) is 63.6 Å². The Hall–Kier alpha value is -1.20. The standard InChI is InChI=1S/C19H28O4S/c1-4-16(18(20)23-5-2)19(21)13-7-6-8-17(19)24(22)15-11-9-14(3)10-12-15/h9-12,16-17,21H,4-8,13H2,1-3H3/t16-,17+,19+,24+/m1/s1. The Bertz CT molecular complexity index is 584. The van der Waals surface area contributed by atoms with Gasteiger partial charge in [0.1, 0.15) is 0 Å². The van der Waals surface area contributed by atoms with Gasteiger partial charge in [0.2, 0.25) is 0 Å². The molecule has 0 bridgehead atoms. The van der Waals surface area contributed by atoms with Crippen molar-refractivity contribution < 1.29 is 18.8 Å². The molecule has 0 unspecified atom stereocenters. The molecule has 0 aliphatic heterocycles. The Morgan fingerprint density at radius 2 is 2.00 bits per heavy atom. The fourth-order valence-electron chi connectivity index (χ4n) is 3.64. The molecule has 5 heteroatoms. The van der Waals surface area contributed by atoms with Crippen LogP contribution >= 0.6 is 0 Å². The van der Waals surface area contributed by atoms with Gasteiger partial charge >= 0.3 is 5.97 Å². The van der Waals surface area contributed by atoms with Gasteiger partial charge in [0.05, 0.1) is 34.2 Å². The van der Waals surface area contributed by atoms with Crippen molar-refractivity contribution in [3.05, 3.63) is 29.8 Å². The summed E-state index contributed by atoms with van der Waals surface area (Å²) in [7, 11) is -1.35. The molecule has 24 heavy (non-hydrogen) atoms. The van der Waals surface area contributed by atoms with Crippen molar-refractivity contribution >= 4 is 16.8 Å². The Labute approximate surface area is 147 Å². The van der Waals surface area contributed by atoms with E-state index in [1.54, 1.807) is 6.92 Å². The molecule has 0 amide bonds. The predicted octanol–water partition coefficient (Wildman–Crippen LogP) is 3.37. The van der Waals surface area contributed by atoms with Crippen LogP contribution in [0.1, 0.15) is 51.5 Å². The highest BCUT2D eigenvalue weighted by Crippen LogP contribution is 2.41. The maximum absolute atomic E-state index is 13.1. The first kappa shape index (κ1) is 19.1. The van der Waals surface area contributed by atoms with E-state index in [0.29, 0.717) is 24.2 Å². The largest absolute Gasteiger partial charge is 0.466 e. The van der Waals surface area contributed by atoms with Crippen molar-refractivity contribution in [3.63, 3.8) is 0 Å². The number of hydrogen-bond donors (Lipinski definition) is 1. The Kier molecular flexibility index (Phi) is 6.58. The lowest BCUT2D eigenvalue weighted by atomic mass is 9.74. The summed E-state index contributed by atoms with van der Waals surface area (Å²) in [5, 5.41) is 10.9. The number of hydrogen-bond acceptors (Lipinski definition) is 4. The van der Waals surface area contributed by atoms with Gasteiger partial charge in [-0.25, -0.2) is 0 Å². The Morgan fingerprint density at radius 3 is 2.58 bits per heavy atom. The highest BCUT2D eigenvalue weighted by Gasteiger charge is 2.50. The lowest BCUT2D eigenvalue weighted by Crippen LogP contribution is -2.55. The molecule has 1 aliphatic rings. The van der Waals surface area contributed by atoms with Crippen molar-refractivity contribution in [1.82, 2.24) is 0 Å². The minimum absolute atomic E-state index is 0.289. The number of carbonyl (C=O) groups is 1.